The molecule has 0 bridgehead atoms. The Balaban J connectivity index is 1.56. The number of sulfonamides is 1. The van der Waals surface area contributed by atoms with Crippen LogP contribution in [-0.2, 0) is 32.6 Å². The first kappa shape index (κ1) is 35.2. The van der Waals surface area contributed by atoms with Crippen LogP contribution in [-0.4, -0.2) is 50.4 Å². The highest BCUT2D eigenvalue weighted by atomic mass is 79.9. The normalized spacial score (nSPS) is 13.9. The molecule has 0 unspecified atom stereocenters. The molecule has 1 N–H and O–H groups in total. The first-order chi connectivity index (χ1) is 23.1. The Morgan fingerprint density at radius 2 is 1.52 bits per heavy atom. The quantitative estimate of drug-likeness (QED) is 0.150. The second-order valence-corrected chi connectivity index (χ2v) is 14.9. The van der Waals surface area contributed by atoms with Crippen LogP contribution in [0.25, 0.3) is 0 Å². The van der Waals surface area contributed by atoms with Gasteiger partial charge >= 0.3 is 0 Å². The summed E-state index contributed by atoms with van der Waals surface area (Å²) in [5, 5.41) is 3.21. The number of nitrogens with zero attached hydrogens (tertiary/aromatic N) is 2. The average molecular weight is 733 g/mol. The van der Waals surface area contributed by atoms with Crippen LogP contribution in [0.4, 0.5) is 5.69 Å². The SMILES string of the molecule is CCOc1ccc(N(CC(=O)N(Cc2ccc(Br)cc2)[C@@H](Cc2ccccc2)C(=O)NC2CCCC2)S(=O)(=O)c2ccc(C)cc2)cc1. The molecule has 10 heteroatoms. The number of carbonyl (C=O) groups excluding carboxylic acids is 2. The summed E-state index contributed by atoms with van der Waals surface area (Å²) in [5.74, 6) is -0.154. The first-order valence-electron chi connectivity index (χ1n) is 16.3. The van der Waals surface area contributed by atoms with Crippen LogP contribution in [0.1, 0.15) is 49.3 Å². The lowest BCUT2D eigenvalue weighted by Gasteiger charge is -2.34. The van der Waals surface area contributed by atoms with Crippen molar-refractivity contribution in [2.45, 2.75) is 69.5 Å². The number of aryl methyl sites for hydroxylation is 1. The molecule has 252 valence electrons. The van der Waals surface area contributed by atoms with Crippen molar-refractivity contribution >= 4 is 43.5 Å². The van der Waals surface area contributed by atoms with Gasteiger partial charge in [0, 0.05) is 23.5 Å². The van der Waals surface area contributed by atoms with E-state index in [9.17, 15) is 18.0 Å². The number of halogens is 1. The van der Waals surface area contributed by atoms with Gasteiger partial charge in [-0.1, -0.05) is 88.9 Å². The van der Waals surface area contributed by atoms with E-state index in [0.717, 1.165) is 51.2 Å². The van der Waals surface area contributed by atoms with Crippen molar-refractivity contribution in [3.05, 3.63) is 124 Å². The van der Waals surface area contributed by atoms with Crippen LogP contribution < -0.4 is 14.4 Å². The topological polar surface area (TPSA) is 96.0 Å². The number of carbonyl (C=O) groups is 2. The third-order valence-corrected chi connectivity index (χ3v) is 10.9. The number of anilines is 1. The second kappa shape index (κ2) is 16.3. The Morgan fingerprint density at radius 3 is 2.15 bits per heavy atom. The van der Waals surface area contributed by atoms with E-state index in [4.69, 9.17) is 4.74 Å². The van der Waals surface area contributed by atoms with Crippen molar-refractivity contribution in [2.75, 3.05) is 17.5 Å². The average Bonchev–Trinajstić information content (AvgIpc) is 3.60. The second-order valence-electron chi connectivity index (χ2n) is 12.1. The number of hydrogen-bond donors (Lipinski definition) is 1. The summed E-state index contributed by atoms with van der Waals surface area (Å²) in [7, 11) is -4.19. The zero-order valence-corrected chi connectivity index (χ0v) is 29.8. The molecule has 8 nitrogen and oxygen atoms in total. The highest BCUT2D eigenvalue weighted by molar-refractivity contribution is 9.10. The van der Waals surface area contributed by atoms with E-state index in [1.54, 1.807) is 48.5 Å². The maximum atomic E-state index is 14.7. The highest BCUT2D eigenvalue weighted by Gasteiger charge is 2.35. The van der Waals surface area contributed by atoms with Crippen LogP contribution in [0.15, 0.2) is 112 Å². The number of amides is 2. The Kier molecular flexibility index (Phi) is 11.9. The molecule has 5 rings (SSSR count). The van der Waals surface area contributed by atoms with Crippen molar-refractivity contribution in [3.8, 4) is 5.75 Å². The highest BCUT2D eigenvalue weighted by Crippen LogP contribution is 2.28. The Morgan fingerprint density at radius 1 is 0.875 bits per heavy atom. The Labute approximate surface area is 292 Å². The summed E-state index contributed by atoms with van der Waals surface area (Å²) in [6.45, 7) is 3.81. The molecule has 0 radical (unpaired) electrons. The molecular formula is C38H42BrN3O5S. The first-order valence-corrected chi connectivity index (χ1v) is 18.6. The Hall–Kier alpha value is -4.15. The van der Waals surface area contributed by atoms with Gasteiger partial charge < -0.3 is 15.0 Å². The fraction of sp³-hybridized carbons (Fsp3) is 0.316. The van der Waals surface area contributed by atoms with E-state index in [2.05, 4.69) is 21.2 Å². The fourth-order valence-electron chi connectivity index (χ4n) is 5.95. The molecular weight excluding hydrogens is 690 g/mol. The predicted octanol–water partition coefficient (Wildman–Crippen LogP) is 7.05. The number of hydrogen-bond acceptors (Lipinski definition) is 5. The summed E-state index contributed by atoms with van der Waals surface area (Å²) in [5.41, 5.74) is 2.93. The molecule has 0 heterocycles. The summed E-state index contributed by atoms with van der Waals surface area (Å²) < 4.78 is 36.1. The van der Waals surface area contributed by atoms with Gasteiger partial charge in [-0.25, -0.2) is 8.42 Å². The van der Waals surface area contributed by atoms with E-state index in [1.165, 1.54) is 4.90 Å². The molecule has 0 aliphatic heterocycles. The molecule has 0 aromatic heterocycles. The summed E-state index contributed by atoms with van der Waals surface area (Å²) >= 11 is 3.48. The van der Waals surface area contributed by atoms with Crippen molar-refractivity contribution in [3.63, 3.8) is 0 Å². The van der Waals surface area contributed by atoms with Gasteiger partial charge in [0.05, 0.1) is 17.2 Å². The molecule has 0 spiro atoms. The minimum atomic E-state index is -4.19. The summed E-state index contributed by atoms with van der Waals surface area (Å²) in [4.78, 5) is 30.4. The molecule has 1 atom stereocenters. The van der Waals surface area contributed by atoms with Crippen LogP contribution >= 0.6 is 15.9 Å². The molecule has 1 aliphatic carbocycles. The van der Waals surface area contributed by atoms with Crippen LogP contribution in [0.2, 0.25) is 0 Å². The van der Waals surface area contributed by atoms with E-state index >= 15 is 0 Å². The van der Waals surface area contributed by atoms with Gasteiger partial charge in [-0.2, -0.15) is 0 Å². The van der Waals surface area contributed by atoms with Crippen LogP contribution in [0, 0.1) is 6.92 Å². The summed E-state index contributed by atoms with van der Waals surface area (Å²) in [6, 6.07) is 29.5. The molecule has 1 aliphatic rings. The molecule has 48 heavy (non-hydrogen) atoms. The van der Waals surface area contributed by atoms with E-state index in [0.29, 0.717) is 18.0 Å². The van der Waals surface area contributed by atoms with Gasteiger partial charge in [-0.05, 0) is 86.3 Å². The lowest BCUT2D eigenvalue weighted by Crippen LogP contribution is -2.54. The molecule has 1 saturated carbocycles. The standard InChI is InChI=1S/C38H42BrN3O5S/c1-3-47-34-21-19-33(20-22-34)42(48(45,46)35-23-13-28(2)14-24-35)27-37(43)41(26-30-15-17-31(39)18-16-30)36(25-29-9-5-4-6-10-29)38(44)40-32-11-7-8-12-32/h4-6,9-10,13-24,32,36H,3,7-8,11-12,25-27H2,1-2H3,(H,40,44)/t36-/m0/s1. The number of benzene rings is 4. The maximum Gasteiger partial charge on any atom is 0.264 e. The van der Waals surface area contributed by atoms with Crippen molar-refractivity contribution in [2.24, 2.45) is 0 Å². The minimum Gasteiger partial charge on any atom is -0.494 e. The molecule has 4 aromatic rings. The minimum absolute atomic E-state index is 0.0441. The van der Waals surface area contributed by atoms with E-state index in [-0.39, 0.29) is 29.8 Å². The third-order valence-electron chi connectivity index (χ3n) is 8.56. The number of ether oxygens (including phenoxy) is 1. The predicted molar refractivity (Wildman–Crippen MR) is 192 cm³/mol. The smallest absolute Gasteiger partial charge is 0.264 e. The van der Waals surface area contributed by atoms with Crippen LogP contribution in [0.5, 0.6) is 5.75 Å². The number of nitrogens with one attached hydrogen (secondary N) is 1. The maximum absolute atomic E-state index is 14.7. The summed E-state index contributed by atoms with van der Waals surface area (Å²) in [6.07, 6.45) is 4.15. The van der Waals surface area contributed by atoms with Gasteiger partial charge in [-0.15, -0.1) is 0 Å². The molecule has 4 aromatic carbocycles. The molecule has 2 amide bonds. The van der Waals surface area contributed by atoms with Gasteiger partial charge in [0.15, 0.2) is 0 Å². The van der Waals surface area contributed by atoms with E-state index < -0.39 is 28.5 Å². The monoisotopic (exact) mass is 731 g/mol. The van der Waals surface area contributed by atoms with Crippen molar-refractivity contribution in [1.82, 2.24) is 10.2 Å². The molecule has 1 fully saturated rings. The lowest BCUT2D eigenvalue weighted by molar-refractivity contribution is -0.140. The third kappa shape index (κ3) is 9.05. The van der Waals surface area contributed by atoms with Gasteiger partial charge in [0.1, 0.15) is 18.3 Å². The number of rotatable bonds is 14. The van der Waals surface area contributed by atoms with Gasteiger partial charge in [-0.3, -0.25) is 13.9 Å². The zero-order valence-electron chi connectivity index (χ0n) is 27.3. The van der Waals surface area contributed by atoms with Crippen molar-refractivity contribution < 1.29 is 22.7 Å². The Bertz CT molecular complexity index is 1760. The van der Waals surface area contributed by atoms with Crippen molar-refractivity contribution in [1.29, 1.82) is 0 Å². The van der Waals surface area contributed by atoms with Gasteiger partial charge in [0.25, 0.3) is 10.0 Å². The zero-order chi connectivity index (χ0) is 34.1. The lowest BCUT2D eigenvalue weighted by atomic mass is 10.0. The van der Waals surface area contributed by atoms with Gasteiger partial charge in [0.2, 0.25) is 11.8 Å². The molecule has 0 saturated heterocycles. The fourth-order valence-corrected chi connectivity index (χ4v) is 7.63. The van der Waals surface area contributed by atoms with Crippen LogP contribution in [0.3, 0.4) is 0 Å². The largest absolute Gasteiger partial charge is 0.494 e. The van der Waals surface area contributed by atoms with E-state index in [1.807, 2.05) is 68.4 Å².